The highest BCUT2D eigenvalue weighted by molar-refractivity contribution is 8.26. The van der Waals surface area contributed by atoms with Crippen LogP contribution in [0.5, 0.6) is 0 Å². The summed E-state index contributed by atoms with van der Waals surface area (Å²) in [6.07, 6.45) is 1.80. The summed E-state index contributed by atoms with van der Waals surface area (Å²) >= 11 is 9.28. The van der Waals surface area contributed by atoms with Gasteiger partial charge in [-0.25, -0.2) is 0 Å². The number of hydrogen-bond donors (Lipinski definition) is 1. The van der Waals surface area contributed by atoms with E-state index in [1.165, 1.54) is 28.0 Å². The van der Waals surface area contributed by atoms with Gasteiger partial charge in [0.1, 0.15) is 0 Å². The van der Waals surface area contributed by atoms with Gasteiger partial charge in [-0.3, -0.25) is 15.0 Å². The van der Waals surface area contributed by atoms with Crippen molar-refractivity contribution in [2.45, 2.75) is 6.92 Å². The molecule has 0 aromatic carbocycles. The molecule has 0 saturated carbocycles. The Bertz CT molecular complexity index is 777. The van der Waals surface area contributed by atoms with Crippen LogP contribution in [-0.2, 0) is 4.79 Å². The Morgan fingerprint density at radius 2 is 2.18 bits per heavy atom. The summed E-state index contributed by atoms with van der Waals surface area (Å²) in [5, 5.41) is 2.94. The van der Waals surface area contributed by atoms with Crippen molar-refractivity contribution in [3.05, 3.63) is 49.2 Å². The zero-order valence-electron chi connectivity index (χ0n) is 11.4. The minimum absolute atomic E-state index is 0.300. The first-order chi connectivity index (χ1) is 10.5. The number of carbonyl (C=O) groups is 2. The second kappa shape index (κ2) is 6.33. The molecule has 3 rings (SSSR count). The molecular weight excluding hydrogens is 356 g/mol. The molecule has 1 aliphatic heterocycles. The second-order valence-electron chi connectivity index (χ2n) is 4.38. The largest absolute Gasteiger partial charge is 0.285 e. The van der Waals surface area contributed by atoms with Crippen LogP contribution in [0.3, 0.4) is 0 Å². The molecule has 4 nitrogen and oxygen atoms in total. The van der Waals surface area contributed by atoms with Gasteiger partial charge in [-0.05, 0) is 48.8 Å². The van der Waals surface area contributed by atoms with E-state index in [1.807, 2.05) is 19.1 Å². The van der Waals surface area contributed by atoms with E-state index in [-0.39, 0.29) is 11.8 Å². The number of thiophene rings is 2. The van der Waals surface area contributed by atoms with Crippen molar-refractivity contribution in [3.63, 3.8) is 0 Å². The zero-order valence-corrected chi connectivity index (χ0v) is 14.6. The number of thioether (sulfide) groups is 1. The lowest BCUT2D eigenvalue weighted by molar-refractivity contribution is -0.123. The van der Waals surface area contributed by atoms with E-state index in [0.717, 1.165) is 9.89 Å². The van der Waals surface area contributed by atoms with Crippen LogP contribution < -0.4 is 5.43 Å². The smallest absolute Gasteiger partial charge is 0.266 e. The Labute approximate surface area is 144 Å². The summed E-state index contributed by atoms with van der Waals surface area (Å²) in [6.45, 7) is 2.01. The first-order valence-electron chi connectivity index (χ1n) is 6.23. The van der Waals surface area contributed by atoms with Crippen LogP contribution in [0.4, 0.5) is 0 Å². The van der Waals surface area contributed by atoms with E-state index in [1.54, 1.807) is 34.9 Å². The highest BCUT2D eigenvalue weighted by Gasteiger charge is 2.34. The summed E-state index contributed by atoms with van der Waals surface area (Å²) in [6, 6.07) is 7.43. The third-order valence-corrected chi connectivity index (χ3v) is 5.91. The van der Waals surface area contributed by atoms with Crippen molar-refractivity contribution in [1.82, 2.24) is 10.4 Å². The molecule has 0 unspecified atom stereocenters. The van der Waals surface area contributed by atoms with Crippen molar-refractivity contribution >= 4 is 68.9 Å². The maximum absolute atomic E-state index is 12.4. The quantitative estimate of drug-likeness (QED) is 0.665. The second-order valence-corrected chi connectivity index (χ2v) is 8.33. The van der Waals surface area contributed by atoms with Gasteiger partial charge >= 0.3 is 0 Å². The van der Waals surface area contributed by atoms with Crippen LogP contribution in [0.2, 0.25) is 0 Å². The Morgan fingerprint density at radius 1 is 1.36 bits per heavy atom. The predicted molar refractivity (Wildman–Crippen MR) is 95.9 cm³/mol. The molecule has 22 heavy (non-hydrogen) atoms. The predicted octanol–water partition coefficient (Wildman–Crippen LogP) is 3.66. The molecule has 112 valence electrons. The van der Waals surface area contributed by atoms with Gasteiger partial charge in [-0.15, -0.1) is 22.7 Å². The minimum atomic E-state index is -0.334. The summed E-state index contributed by atoms with van der Waals surface area (Å²) in [5.74, 6) is -0.634. The molecule has 2 aromatic heterocycles. The molecule has 1 saturated heterocycles. The number of hydrazine groups is 1. The molecule has 2 amide bonds. The highest BCUT2D eigenvalue weighted by Crippen LogP contribution is 2.32. The monoisotopic (exact) mass is 366 g/mol. The van der Waals surface area contributed by atoms with Crippen molar-refractivity contribution < 1.29 is 9.59 Å². The molecule has 0 atom stereocenters. The number of nitrogens with one attached hydrogen (secondary N) is 1. The van der Waals surface area contributed by atoms with Crippen LogP contribution in [0, 0.1) is 6.92 Å². The van der Waals surface area contributed by atoms with Crippen LogP contribution in [0.1, 0.15) is 19.4 Å². The Balaban J connectivity index is 1.77. The van der Waals surface area contributed by atoms with Crippen molar-refractivity contribution in [2.75, 3.05) is 0 Å². The average molecular weight is 367 g/mol. The van der Waals surface area contributed by atoms with E-state index in [0.29, 0.717) is 14.1 Å². The number of nitrogens with zero attached hydrogens (tertiary/aromatic N) is 1. The highest BCUT2D eigenvalue weighted by atomic mass is 32.2. The normalized spacial score (nSPS) is 16.6. The van der Waals surface area contributed by atoms with Crippen LogP contribution in [0.25, 0.3) is 6.08 Å². The number of hydrogen-bond acceptors (Lipinski definition) is 6. The lowest BCUT2D eigenvalue weighted by Gasteiger charge is -2.14. The molecular formula is C14H10N2O2S4. The number of aryl methyl sites for hydroxylation is 1. The lowest BCUT2D eigenvalue weighted by atomic mass is 10.4. The molecule has 0 spiro atoms. The summed E-state index contributed by atoms with van der Waals surface area (Å²) in [7, 11) is 0. The van der Waals surface area contributed by atoms with Gasteiger partial charge in [0, 0.05) is 9.75 Å². The zero-order chi connectivity index (χ0) is 15.7. The number of carbonyl (C=O) groups excluding carboxylic acids is 2. The van der Waals surface area contributed by atoms with Gasteiger partial charge in [-0.1, -0.05) is 17.8 Å². The van der Waals surface area contributed by atoms with E-state index in [9.17, 15) is 9.59 Å². The van der Waals surface area contributed by atoms with Crippen molar-refractivity contribution in [2.24, 2.45) is 0 Å². The van der Waals surface area contributed by atoms with E-state index >= 15 is 0 Å². The molecule has 1 aliphatic rings. The number of amides is 2. The van der Waals surface area contributed by atoms with Crippen LogP contribution in [-0.4, -0.2) is 21.1 Å². The van der Waals surface area contributed by atoms with Crippen LogP contribution >= 0.6 is 46.7 Å². The fourth-order valence-electron chi connectivity index (χ4n) is 1.79. The molecule has 2 aromatic rings. The summed E-state index contributed by atoms with van der Waals surface area (Å²) in [5.41, 5.74) is 2.56. The van der Waals surface area contributed by atoms with Crippen LogP contribution in [0.15, 0.2) is 34.6 Å². The first-order valence-corrected chi connectivity index (χ1v) is 9.15. The fourth-order valence-corrected chi connectivity index (χ4v) is 4.47. The van der Waals surface area contributed by atoms with Gasteiger partial charge in [0.05, 0.1) is 9.78 Å². The van der Waals surface area contributed by atoms with E-state index < -0.39 is 0 Å². The standard InChI is InChI=1S/C14H10N2O2S4/c1-8-4-5-9(21-8)7-11-13(18)16(14(19)22-11)15-12(17)10-3-2-6-20-10/h2-7H,1H3,(H,15,17). The topological polar surface area (TPSA) is 49.4 Å². The molecule has 0 aliphatic carbocycles. The molecule has 0 bridgehead atoms. The molecule has 3 heterocycles. The number of thiocarbonyl (C=S) groups is 1. The van der Waals surface area contributed by atoms with Gasteiger partial charge in [-0.2, -0.15) is 5.01 Å². The van der Waals surface area contributed by atoms with Gasteiger partial charge in [0.2, 0.25) is 0 Å². The average Bonchev–Trinajstić information content (AvgIpc) is 3.18. The molecule has 1 fully saturated rings. The lowest BCUT2D eigenvalue weighted by Crippen LogP contribution is -2.44. The van der Waals surface area contributed by atoms with E-state index in [2.05, 4.69) is 5.43 Å². The molecule has 1 N–H and O–H groups in total. The van der Waals surface area contributed by atoms with Crippen molar-refractivity contribution in [3.8, 4) is 0 Å². The molecule has 8 heteroatoms. The Hall–Kier alpha value is -1.48. The fraction of sp³-hybridized carbons (Fsp3) is 0.0714. The molecule has 0 radical (unpaired) electrons. The van der Waals surface area contributed by atoms with Gasteiger partial charge in [0.15, 0.2) is 4.32 Å². The first kappa shape index (κ1) is 15.4. The van der Waals surface area contributed by atoms with Gasteiger partial charge < -0.3 is 0 Å². The number of rotatable bonds is 3. The summed E-state index contributed by atoms with van der Waals surface area (Å²) in [4.78, 5) is 27.6. The maximum atomic E-state index is 12.4. The Kier molecular flexibility index (Phi) is 4.44. The third kappa shape index (κ3) is 3.14. The van der Waals surface area contributed by atoms with E-state index in [4.69, 9.17) is 12.2 Å². The minimum Gasteiger partial charge on any atom is -0.266 e. The third-order valence-electron chi connectivity index (χ3n) is 2.79. The Morgan fingerprint density at radius 3 is 2.82 bits per heavy atom. The summed E-state index contributed by atoms with van der Waals surface area (Å²) < 4.78 is 0.328. The van der Waals surface area contributed by atoms with Gasteiger partial charge in [0.25, 0.3) is 11.8 Å². The van der Waals surface area contributed by atoms with Crippen molar-refractivity contribution in [1.29, 1.82) is 0 Å². The SMILES string of the molecule is Cc1ccc(C=C2SC(=S)N(NC(=O)c3cccs3)C2=O)s1. The maximum Gasteiger partial charge on any atom is 0.285 e.